The van der Waals surface area contributed by atoms with Gasteiger partial charge in [0.25, 0.3) is 0 Å². The summed E-state index contributed by atoms with van der Waals surface area (Å²) in [6.45, 7) is 3.38. The zero-order valence-corrected chi connectivity index (χ0v) is 14.3. The van der Waals surface area contributed by atoms with Gasteiger partial charge in [0, 0.05) is 11.7 Å². The molecule has 1 amide bonds. The molecule has 1 heterocycles. The van der Waals surface area contributed by atoms with E-state index in [1.165, 1.54) is 5.56 Å². The lowest BCUT2D eigenvalue weighted by Crippen LogP contribution is -2.33. The number of hydrogen-bond acceptors (Lipinski definition) is 3. The molecule has 1 saturated heterocycles. The van der Waals surface area contributed by atoms with Crippen molar-refractivity contribution in [2.75, 3.05) is 25.5 Å². The Morgan fingerprint density at radius 1 is 1.21 bits per heavy atom. The molecule has 1 fully saturated rings. The number of anilines is 1. The van der Waals surface area contributed by atoms with Crippen LogP contribution in [0, 0.1) is 6.92 Å². The molecule has 2 aromatic carbocycles. The number of para-hydroxylation sites is 1. The molecule has 0 radical (unpaired) electrons. The fourth-order valence-corrected chi connectivity index (χ4v) is 3.31. The number of carbonyl (C=O) groups is 1. The van der Waals surface area contributed by atoms with Gasteiger partial charge in [-0.15, -0.1) is 0 Å². The van der Waals surface area contributed by atoms with E-state index in [-0.39, 0.29) is 5.91 Å². The van der Waals surface area contributed by atoms with Crippen LogP contribution in [0.2, 0.25) is 0 Å². The Hall–Kier alpha value is -2.33. The Morgan fingerprint density at radius 3 is 2.67 bits per heavy atom. The molecule has 0 spiro atoms. The van der Waals surface area contributed by atoms with E-state index in [0.29, 0.717) is 12.6 Å². The Morgan fingerprint density at radius 2 is 1.96 bits per heavy atom. The van der Waals surface area contributed by atoms with Gasteiger partial charge in [0.2, 0.25) is 5.91 Å². The number of hydrogen-bond donors (Lipinski definition) is 1. The van der Waals surface area contributed by atoms with Crippen molar-refractivity contribution in [2.45, 2.75) is 25.8 Å². The molecular formula is C20H24N2O2. The monoisotopic (exact) mass is 324 g/mol. The Balaban J connectivity index is 1.65. The SMILES string of the molecule is COc1ccc([C@H]2CCCN2CC(=O)Nc2ccccc2C)cc1. The van der Waals surface area contributed by atoms with Crippen molar-refractivity contribution in [3.63, 3.8) is 0 Å². The topological polar surface area (TPSA) is 41.6 Å². The molecule has 0 saturated carbocycles. The highest BCUT2D eigenvalue weighted by Crippen LogP contribution is 2.32. The van der Waals surface area contributed by atoms with Crippen LogP contribution >= 0.6 is 0 Å². The summed E-state index contributed by atoms with van der Waals surface area (Å²) in [5, 5.41) is 3.03. The summed E-state index contributed by atoms with van der Waals surface area (Å²) in [5.74, 6) is 0.908. The highest BCUT2D eigenvalue weighted by atomic mass is 16.5. The number of rotatable bonds is 5. The van der Waals surface area contributed by atoms with Crippen LogP contribution in [0.25, 0.3) is 0 Å². The molecule has 1 N–H and O–H groups in total. The zero-order valence-electron chi connectivity index (χ0n) is 14.3. The highest BCUT2D eigenvalue weighted by Gasteiger charge is 2.27. The van der Waals surface area contributed by atoms with E-state index in [4.69, 9.17) is 4.74 Å². The Kier molecular flexibility index (Phi) is 5.16. The van der Waals surface area contributed by atoms with Gasteiger partial charge < -0.3 is 10.1 Å². The number of ether oxygens (including phenoxy) is 1. The molecule has 0 unspecified atom stereocenters. The summed E-state index contributed by atoms with van der Waals surface area (Å²) in [6.07, 6.45) is 2.21. The van der Waals surface area contributed by atoms with E-state index in [1.54, 1.807) is 7.11 Å². The molecule has 1 atom stereocenters. The fourth-order valence-electron chi connectivity index (χ4n) is 3.31. The van der Waals surface area contributed by atoms with Crippen molar-refractivity contribution >= 4 is 11.6 Å². The minimum Gasteiger partial charge on any atom is -0.497 e. The van der Waals surface area contributed by atoms with Crippen molar-refractivity contribution in [3.05, 3.63) is 59.7 Å². The van der Waals surface area contributed by atoms with E-state index in [0.717, 1.165) is 36.4 Å². The van der Waals surface area contributed by atoms with Gasteiger partial charge in [-0.05, 0) is 55.6 Å². The maximum absolute atomic E-state index is 12.4. The first-order chi connectivity index (χ1) is 11.7. The number of benzene rings is 2. The summed E-state index contributed by atoms with van der Waals surface area (Å²) >= 11 is 0. The van der Waals surface area contributed by atoms with Crippen molar-refractivity contribution < 1.29 is 9.53 Å². The molecule has 3 rings (SSSR count). The quantitative estimate of drug-likeness (QED) is 0.910. The molecule has 0 aromatic heterocycles. The average molecular weight is 324 g/mol. The molecule has 24 heavy (non-hydrogen) atoms. The third-order valence-electron chi connectivity index (χ3n) is 4.63. The number of amides is 1. The number of methoxy groups -OCH3 is 1. The largest absolute Gasteiger partial charge is 0.497 e. The third-order valence-corrected chi connectivity index (χ3v) is 4.63. The lowest BCUT2D eigenvalue weighted by atomic mass is 10.0. The molecule has 0 aliphatic carbocycles. The third kappa shape index (κ3) is 3.77. The molecule has 4 heteroatoms. The molecule has 126 valence electrons. The van der Waals surface area contributed by atoms with Gasteiger partial charge in [0.05, 0.1) is 13.7 Å². The van der Waals surface area contributed by atoms with Crippen LogP contribution in [0.3, 0.4) is 0 Å². The van der Waals surface area contributed by atoms with Crippen LogP contribution in [-0.2, 0) is 4.79 Å². The van der Waals surface area contributed by atoms with Crippen molar-refractivity contribution in [1.82, 2.24) is 4.90 Å². The van der Waals surface area contributed by atoms with E-state index in [9.17, 15) is 4.79 Å². The average Bonchev–Trinajstić information content (AvgIpc) is 3.05. The van der Waals surface area contributed by atoms with Crippen LogP contribution in [-0.4, -0.2) is 31.0 Å². The van der Waals surface area contributed by atoms with Gasteiger partial charge in [-0.25, -0.2) is 0 Å². The van der Waals surface area contributed by atoms with Crippen LogP contribution in [0.1, 0.15) is 30.0 Å². The van der Waals surface area contributed by atoms with E-state index < -0.39 is 0 Å². The molecule has 0 bridgehead atoms. The first-order valence-electron chi connectivity index (χ1n) is 8.41. The molecule has 1 aliphatic rings. The summed E-state index contributed by atoms with van der Waals surface area (Å²) < 4.78 is 5.22. The van der Waals surface area contributed by atoms with Gasteiger partial charge in [-0.3, -0.25) is 9.69 Å². The normalized spacial score (nSPS) is 17.7. The fraction of sp³-hybridized carbons (Fsp3) is 0.350. The van der Waals surface area contributed by atoms with E-state index >= 15 is 0 Å². The molecular weight excluding hydrogens is 300 g/mol. The van der Waals surface area contributed by atoms with Gasteiger partial charge in [-0.1, -0.05) is 30.3 Å². The standard InChI is InChI=1S/C20H24N2O2/c1-15-6-3-4-7-18(15)21-20(23)14-22-13-5-8-19(22)16-9-11-17(24-2)12-10-16/h3-4,6-7,9-12,19H,5,8,13-14H2,1-2H3,(H,21,23)/t19-/m1/s1. The first kappa shape index (κ1) is 16.5. The summed E-state index contributed by atoms with van der Waals surface area (Å²) in [6, 6.07) is 16.3. The predicted octanol–water partition coefficient (Wildman–Crippen LogP) is 3.78. The summed E-state index contributed by atoms with van der Waals surface area (Å²) in [7, 11) is 1.67. The highest BCUT2D eigenvalue weighted by molar-refractivity contribution is 5.93. The lowest BCUT2D eigenvalue weighted by Gasteiger charge is -2.24. The maximum Gasteiger partial charge on any atom is 0.238 e. The van der Waals surface area contributed by atoms with Gasteiger partial charge in [0.15, 0.2) is 0 Å². The zero-order chi connectivity index (χ0) is 16.9. The number of carbonyl (C=O) groups excluding carboxylic acids is 1. The summed E-state index contributed by atoms with van der Waals surface area (Å²) in [4.78, 5) is 14.7. The van der Waals surface area contributed by atoms with Crippen LogP contribution in [0.15, 0.2) is 48.5 Å². The van der Waals surface area contributed by atoms with Crippen LogP contribution in [0.4, 0.5) is 5.69 Å². The Bertz CT molecular complexity index is 697. The second-order valence-corrected chi connectivity index (χ2v) is 6.26. The minimum atomic E-state index is 0.0460. The molecule has 2 aromatic rings. The van der Waals surface area contributed by atoms with E-state index in [2.05, 4.69) is 22.3 Å². The second kappa shape index (κ2) is 7.49. The maximum atomic E-state index is 12.4. The predicted molar refractivity (Wildman–Crippen MR) is 96.4 cm³/mol. The lowest BCUT2D eigenvalue weighted by molar-refractivity contribution is -0.117. The number of nitrogens with one attached hydrogen (secondary N) is 1. The van der Waals surface area contributed by atoms with Crippen LogP contribution in [0.5, 0.6) is 5.75 Å². The van der Waals surface area contributed by atoms with Crippen LogP contribution < -0.4 is 10.1 Å². The van der Waals surface area contributed by atoms with Crippen molar-refractivity contribution in [2.24, 2.45) is 0 Å². The molecule has 4 nitrogen and oxygen atoms in total. The van der Waals surface area contributed by atoms with E-state index in [1.807, 2.05) is 43.3 Å². The van der Waals surface area contributed by atoms with Gasteiger partial charge >= 0.3 is 0 Å². The first-order valence-corrected chi connectivity index (χ1v) is 8.41. The summed E-state index contributed by atoms with van der Waals surface area (Å²) in [5.41, 5.74) is 3.22. The van der Waals surface area contributed by atoms with Crippen molar-refractivity contribution in [1.29, 1.82) is 0 Å². The smallest absolute Gasteiger partial charge is 0.238 e. The molecule has 1 aliphatic heterocycles. The Labute approximate surface area is 143 Å². The van der Waals surface area contributed by atoms with Crippen molar-refractivity contribution in [3.8, 4) is 5.75 Å². The van der Waals surface area contributed by atoms with Gasteiger partial charge in [-0.2, -0.15) is 0 Å². The number of likely N-dealkylation sites (tertiary alicyclic amines) is 1. The minimum absolute atomic E-state index is 0.0460. The number of aryl methyl sites for hydroxylation is 1. The number of nitrogens with zero attached hydrogens (tertiary/aromatic N) is 1. The van der Waals surface area contributed by atoms with Gasteiger partial charge in [0.1, 0.15) is 5.75 Å². The second-order valence-electron chi connectivity index (χ2n) is 6.26.